The number of hydrogen-bond donors (Lipinski definition) is 0. The fraction of sp³-hybridized carbons (Fsp3) is 0.417. The average Bonchev–Trinajstić information content (AvgIpc) is 2.27. The highest BCUT2D eigenvalue weighted by Gasteiger charge is 2.27. The van der Waals surface area contributed by atoms with Crippen molar-refractivity contribution in [2.45, 2.75) is 25.6 Å². The maximum absolute atomic E-state index is 11.9. The van der Waals surface area contributed by atoms with Crippen molar-refractivity contribution in [3.63, 3.8) is 0 Å². The number of Topliss-reactive ketones (excluding diaryl/α,β-unsaturated/α-hetero) is 1. The molecule has 1 atom stereocenters. The monoisotopic (exact) mass is 280 g/mol. The van der Waals surface area contributed by atoms with Gasteiger partial charge in [0, 0.05) is 10.6 Å². The molecule has 2 nitrogen and oxygen atoms in total. The van der Waals surface area contributed by atoms with Gasteiger partial charge in [0.2, 0.25) is 0 Å². The van der Waals surface area contributed by atoms with Gasteiger partial charge in [-0.15, -0.1) is 0 Å². The number of hydrogen-bond acceptors (Lipinski definition) is 2. The predicted octanol–water partition coefficient (Wildman–Crippen LogP) is 3.88. The van der Waals surface area contributed by atoms with Gasteiger partial charge in [-0.3, -0.25) is 4.79 Å². The molecule has 0 amide bonds. The van der Waals surface area contributed by atoms with Crippen LogP contribution in [-0.4, -0.2) is 24.7 Å². The molecule has 0 N–H and O–H groups in total. The van der Waals surface area contributed by atoms with Crippen molar-refractivity contribution >= 4 is 17.4 Å². The van der Waals surface area contributed by atoms with Crippen molar-refractivity contribution in [1.29, 1.82) is 0 Å². The molecule has 0 saturated carbocycles. The molecule has 0 aliphatic carbocycles. The van der Waals surface area contributed by atoms with E-state index in [0.29, 0.717) is 10.6 Å². The zero-order valence-corrected chi connectivity index (χ0v) is 10.4. The van der Waals surface area contributed by atoms with E-state index in [2.05, 4.69) is 0 Å². The van der Waals surface area contributed by atoms with Gasteiger partial charge in [-0.05, 0) is 31.2 Å². The Morgan fingerprint density at radius 1 is 1.33 bits per heavy atom. The van der Waals surface area contributed by atoms with Gasteiger partial charge in [-0.1, -0.05) is 11.6 Å². The summed E-state index contributed by atoms with van der Waals surface area (Å²) in [4.78, 5) is 11.8. The molecular weight excluding hydrogens is 269 g/mol. The molecule has 0 radical (unpaired) electrons. The summed E-state index contributed by atoms with van der Waals surface area (Å²) in [7, 11) is 0. The van der Waals surface area contributed by atoms with Gasteiger partial charge in [0.1, 0.15) is 6.10 Å². The Labute approximate surface area is 108 Å². The molecule has 0 aliphatic heterocycles. The Bertz CT molecular complexity index is 401. The van der Waals surface area contributed by atoms with Crippen molar-refractivity contribution in [3.05, 3.63) is 34.9 Å². The molecule has 1 aromatic carbocycles. The summed E-state index contributed by atoms with van der Waals surface area (Å²) in [5.74, 6) is -0.367. The third-order valence-electron chi connectivity index (χ3n) is 2.25. The first-order chi connectivity index (χ1) is 8.29. The molecule has 1 aromatic rings. The maximum Gasteiger partial charge on any atom is 0.391 e. The lowest BCUT2D eigenvalue weighted by atomic mass is 10.1. The van der Waals surface area contributed by atoms with Crippen molar-refractivity contribution < 1.29 is 22.7 Å². The quantitative estimate of drug-likeness (QED) is 0.765. The molecule has 18 heavy (non-hydrogen) atoms. The second-order valence-corrected chi connectivity index (χ2v) is 4.19. The lowest BCUT2D eigenvalue weighted by Crippen LogP contribution is -2.23. The number of alkyl halides is 3. The van der Waals surface area contributed by atoms with Gasteiger partial charge in [-0.2, -0.15) is 13.2 Å². The highest BCUT2D eigenvalue weighted by atomic mass is 35.5. The first kappa shape index (κ1) is 15.0. The minimum absolute atomic E-state index is 0.360. The number of benzene rings is 1. The van der Waals surface area contributed by atoms with Gasteiger partial charge in [0.05, 0.1) is 13.0 Å². The minimum atomic E-state index is -4.27. The molecule has 0 aromatic heterocycles. The number of carbonyl (C=O) groups is 1. The summed E-state index contributed by atoms with van der Waals surface area (Å²) in [6, 6.07) is 6.09. The second-order valence-electron chi connectivity index (χ2n) is 3.75. The number of ketones is 1. The molecule has 0 aliphatic rings. The van der Waals surface area contributed by atoms with Crippen LogP contribution >= 0.6 is 11.6 Å². The smallest absolute Gasteiger partial charge is 0.370 e. The molecule has 0 fully saturated rings. The van der Waals surface area contributed by atoms with E-state index in [0.717, 1.165) is 0 Å². The van der Waals surface area contributed by atoms with Gasteiger partial charge < -0.3 is 4.74 Å². The van der Waals surface area contributed by atoms with Crippen LogP contribution in [0.4, 0.5) is 13.2 Å². The largest absolute Gasteiger partial charge is 0.391 e. The van der Waals surface area contributed by atoms with Gasteiger partial charge >= 0.3 is 6.18 Å². The summed E-state index contributed by atoms with van der Waals surface area (Å²) < 4.78 is 40.5. The molecule has 0 spiro atoms. The van der Waals surface area contributed by atoms with E-state index >= 15 is 0 Å². The van der Waals surface area contributed by atoms with E-state index in [1.165, 1.54) is 31.2 Å². The van der Waals surface area contributed by atoms with E-state index in [-0.39, 0.29) is 5.78 Å². The number of ether oxygens (including phenoxy) is 1. The minimum Gasteiger partial charge on any atom is -0.370 e. The van der Waals surface area contributed by atoms with Crippen molar-refractivity contribution in [1.82, 2.24) is 0 Å². The lowest BCUT2D eigenvalue weighted by molar-refractivity contribution is -0.146. The number of rotatable bonds is 5. The summed E-state index contributed by atoms with van der Waals surface area (Å²) in [6.07, 6.45) is -6.25. The van der Waals surface area contributed by atoms with E-state index in [1.807, 2.05) is 0 Å². The molecule has 1 unspecified atom stereocenters. The van der Waals surface area contributed by atoms with Gasteiger partial charge in [-0.25, -0.2) is 0 Å². The fourth-order valence-corrected chi connectivity index (χ4v) is 1.40. The van der Waals surface area contributed by atoms with Crippen molar-refractivity contribution in [2.24, 2.45) is 0 Å². The summed E-state index contributed by atoms with van der Waals surface area (Å²) >= 11 is 5.66. The first-order valence-corrected chi connectivity index (χ1v) is 5.65. The average molecular weight is 281 g/mol. The highest BCUT2D eigenvalue weighted by Crippen LogP contribution is 2.20. The van der Waals surface area contributed by atoms with E-state index < -0.39 is 25.3 Å². The Kier molecular flexibility index (Phi) is 5.16. The molecule has 0 heterocycles. The van der Waals surface area contributed by atoms with Crippen LogP contribution in [0.2, 0.25) is 5.02 Å². The van der Waals surface area contributed by atoms with Crippen LogP contribution < -0.4 is 0 Å². The predicted molar refractivity (Wildman–Crippen MR) is 61.9 cm³/mol. The van der Waals surface area contributed by atoms with E-state index in [4.69, 9.17) is 16.3 Å². The Hall–Kier alpha value is -1.07. The van der Waals surface area contributed by atoms with Crippen LogP contribution in [0.15, 0.2) is 24.3 Å². The number of halogens is 4. The Balaban J connectivity index is 2.49. The SMILES string of the molecule is CC(OCCC(F)(F)F)C(=O)c1ccc(Cl)cc1. The zero-order chi connectivity index (χ0) is 13.8. The van der Waals surface area contributed by atoms with Crippen LogP contribution in [0.1, 0.15) is 23.7 Å². The normalized spacial score (nSPS) is 13.4. The molecule has 6 heteroatoms. The molecule has 0 bridgehead atoms. The standard InChI is InChI=1S/C12H12ClF3O2/c1-8(18-7-6-12(14,15)16)11(17)9-2-4-10(13)5-3-9/h2-5,8H,6-7H2,1H3. The van der Waals surface area contributed by atoms with Crippen LogP contribution in [0, 0.1) is 0 Å². The highest BCUT2D eigenvalue weighted by molar-refractivity contribution is 6.30. The second kappa shape index (κ2) is 6.20. The van der Waals surface area contributed by atoms with Crippen LogP contribution in [-0.2, 0) is 4.74 Å². The van der Waals surface area contributed by atoms with Gasteiger partial charge in [0.25, 0.3) is 0 Å². The zero-order valence-electron chi connectivity index (χ0n) is 9.63. The third-order valence-corrected chi connectivity index (χ3v) is 2.50. The molecule has 100 valence electrons. The van der Waals surface area contributed by atoms with Crippen molar-refractivity contribution in [3.8, 4) is 0 Å². The van der Waals surface area contributed by atoms with Crippen LogP contribution in [0.3, 0.4) is 0 Å². The Morgan fingerprint density at radius 2 is 1.89 bits per heavy atom. The summed E-state index contributed by atoms with van der Waals surface area (Å²) in [5.41, 5.74) is 0.360. The molecular formula is C12H12ClF3O2. The fourth-order valence-electron chi connectivity index (χ4n) is 1.28. The van der Waals surface area contributed by atoms with Gasteiger partial charge in [0.15, 0.2) is 5.78 Å². The van der Waals surface area contributed by atoms with Crippen LogP contribution in [0.25, 0.3) is 0 Å². The first-order valence-electron chi connectivity index (χ1n) is 5.28. The molecule has 1 rings (SSSR count). The number of carbonyl (C=O) groups excluding carboxylic acids is 1. The summed E-state index contributed by atoms with van der Waals surface area (Å²) in [6.45, 7) is 0.900. The third kappa shape index (κ3) is 5.06. The van der Waals surface area contributed by atoms with E-state index in [9.17, 15) is 18.0 Å². The van der Waals surface area contributed by atoms with E-state index in [1.54, 1.807) is 0 Å². The Morgan fingerprint density at radius 3 is 2.39 bits per heavy atom. The lowest BCUT2D eigenvalue weighted by Gasteiger charge is -2.13. The maximum atomic E-state index is 11.9. The molecule has 0 saturated heterocycles. The topological polar surface area (TPSA) is 26.3 Å². The summed E-state index contributed by atoms with van der Waals surface area (Å²) in [5, 5.41) is 0.484. The van der Waals surface area contributed by atoms with Crippen molar-refractivity contribution in [2.75, 3.05) is 6.61 Å². The van der Waals surface area contributed by atoms with Crippen LogP contribution in [0.5, 0.6) is 0 Å².